The van der Waals surface area contributed by atoms with Gasteiger partial charge in [0.1, 0.15) is 0 Å². The van der Waals surface area contributed by atoms with Gasteiger partial charge in [-0.15, -0.1) is 0 Å². The van der Waals surface area contributed by atoms with Crippen LogP contribution in [0.2, 0.25) is 0 Å². The summed E-state index contributed by atoms with van der Waals surface area (Å²) in [4.78, 5) is 25.0. The number of anilines is 1. The van der Waals surface area contributed by atoms with E-state index in [0.29, 0.717) is 34.4 Å². The quantitative estimate of drug-likeness (QED) is 0.676. The Morgan fingerprint density at radius 3 is 2.16 bits per heavy atom. The summed E-state index contributed by atoms with van der Waals surface area (Å²) in [7, 11) is 0. The zero-order chi connectivity index (χ0) is 13.6. The topological polar surface area (TPSA) is 60.2 Å². The molecular formula is C16H13NO2. The third kappa shape index (κ3) is 1.51. The lowest BCUT2D eigenvalue weighted by atomic mass is 9.81. The van der Waals surface area contributed by atoms with Crippen LogP contribution in [0.15, 0.2) is 36.4 Å². The molecule has 2 aromatic carbocycles. The maximum atomic E-state index is 12.6. The van der Waals surface area contributed by atoms with Gasteiger partial charge in [-0.25, -0.2) is 0 Å². The van der Waals surface area contributed by atoms with Crippen LogP contribution in [-0.4, -0.2) is 11.6 Å². The summed E-state index contributed by atoms with van der Waals surface area (Å²) in [5, 5.41) is 0. The number of ketones is 2. The molecule has 1 aliphatic rings. The number of fused-ring (bicyclic) bond motifs is 2. The minimum Gasteiger partial charge on any atom is -0.398 e. The Kier molecular flexibility index (Phi) is 2.49. The zero-order valence-electron chi connectivity index (χ0n) is 10.6. The molecule has 3 rings (SSSR count). The van der Waals surface area contributed by atoms with E-state index in [2.05, 4.69) is 0 Å². The molecule has 94 valence electrons. The Balaban J connectivity index is 2.36. The second-order valence-corrected chi connectivity index (χ2v) is 4.61. The van der Waals surface area contributed by atoms with Crippen molar-refractivity contribution in [2.45, 2.75) is 13.3 Å². The van der Waals surface area contributed by atoms with E-state index in [0.717, 1.165) is 5.56 Å². The molecule has 0 bridgehead atoms. The highest BCUT2D eigenvalue weighted by Crippen LogP contribution is 2.32. The second-order valence-electron chi connectivity index (χ2n) is 4.61. The lowest BCUT2D eigenvalue weighted by molar-refractivity contribution is 0.0978. The van der Waals surface area contributed by atoms with Gasteiger partial charge in [0.25, 0.3) is 0 Å². The molecule has 0 spiro atoms. The van der Waals surface area contributed by atoms with Crippen molar-refractivity contribution in [1.82, 2.24) is 0 Å². The molecule has 1 aliphatic carbocycles. The van der Waals surface area contributed by atoms with Gasteiger partial charge in [0.15, 0.2) is 11.6 Å². The number of benzene rings is 2. The summed E-state index contributed by atoms with van der Waals surface area (Å²) in [5.41, 5.74) is 9.16. The fourth-order valence-corrected chi connectivity index (χ4v) is 2.65. The van der Waals surface area contributed by atoms with Crippen molar-refractivity contribution in [1.29, 1.82) is 0 Å². The molecule has 0 unspecified atom stereocenters. The van der Waals surface area contributed by atoms with Crippen LogP contribution in [-0.2, 0) is 6.42 Å². The molecule has 0 atom stereocenters. The van der Waals surface area contributed by atoms with Crippen LogP contribution in [0.25, 0.3) is 0 Å². The molecule has 19 heavy (non-hydrogen) atoms. The fraction of sp³-hybridized carbons (Fsp3) is 0.125. The largest absolute Gasteiger partial charge is 0.398 e. The molecule has 0 amide bonds. The normalized spacial score (nSPS) is 13.1. The van der Waals surface area contributed by atoms with Crippen molar-refractivity contribution >= 4 is 17.3 Å². The van der Waals surface area contributed by atoms with Gasteiger partial charge >= 0.3 is 0 Å². The standard InChI is InChI=1S/C16H13NO2/c1-2-9-13(17)8-7-12-14(9)16(19)11-6-4-3-5-10(11)15(12)18/h3-8H,2,17H2,1H3. The molecule has 0 aromatic heterocycles. The molecule has 3 nitrogen and oxygen atoms in total. The number of nitrogens with two attached hydrogens (primary N) is 1. The van der Waals surface area contributed by atoms with E-state index in [1.807, 2.05) is 6.92 Å². The predicted octanol–water partition coefficient (Wildman–Crippen LogP) is 2.61. The van der Waals surface area contributed by atoms with Gasteiger partial charge in [-0.3, -0.25) is 9.59 Å². The smallest absolute Gasteiger partial charge is 0.194 e. The number of hydrogen-bond donors (Lipinski definition) is 1. The molecular weight excluding hydrogens is 238 g/mol. The van der Waals surface area contributed by atoms with Crippen LogP contribution in [0.5, 0.6) is 0 Å². The highest BCUT2D eigenvalue weighted by molar-refractivity contribution is 6.29. The molecule has 2 aromatic rings. The molecule has 0 saturated heterocycles. The Labute approximate surface area is 111 Å². The van der Waals surface area contributed by atoms with Crippen molar-refractivity contribution in [3.05, 3.63) is 64.2 Å². The Bertz CT molecular complexity index is 717. The SMILES string of the molecule is CCc1c(N)ccc2c1C(=O)c1ccccc1C2=O. The number of nitrogen functional groups attached to an aromatic ring is 1. The highest BCUT2D eigenvalue weighted by Gasteiger charge is 2.31. The van der Waals surface area contributed by atoms with Gasteiger partial charge in [0.05, 0.1) is 0 Å². The van der Waals surface area contributed by atoms with Gasteiger partial charge in [-0.2, -0.15) is 0 Å². The third-order valence-electron chi connectivity index (χ3n) is 3.59. The van der Waals surface area contributed by atoms with E-state index in [4.69, 9.17) is 5.73 Å². The first kappa shape index (κ1) is 11.7. The van der Waals surface area contributed by atoms with Gasteiger partial charge in [0, 0.05) is 27.9 Å². The van der Waals surface area contributed by atoms with Crippen molar-refractivity contribution < 1.29 is 9.59 Å². The molecule has 0 aliphatic heterocycles. The van der Waals surface area contributed by atoms with Crippen LogP contribution in [0.1, 0.15) is 44.3 Å². The summed E-state index contributed by atoms with van der Waals surface area (Å²) >= 11 is 0. The summed E-state index contributed by atoms with van der Waals surface area (Å²) in [6, 6.07) is 10.3. The monoisotopic (exact) mass is 251 g/mol. The summed E-state index contributed by atoms with van der Waals surface area (Å²) in [6.07, 6.45) is 0.635. The maximum absolute atomic E-state index is 12.6. The van der Waals surface area contributed by atoms with Crippen molar-refractivity contribution in [3.8, 4) is 0 Å². The molecule has 0 heterocycles. The van der Waals surface area contributed by atoms with Gasteiger partial charge in [-0.05, 0) is 24.1 Å². The fourth-order valence-electron chi connectivity index (χ4n) is 2.65. The Hall–Kier alpha value is -2.42. The van der Waals surface area contributed by atoms with Crippen LogP contribution in [0.4, 0.5) is 5.69 Å². The Morgan fingerprint density at radius 2 is 1.53 bits per heavy atom. The number of carbonyl (C=O) groups is 2. The molecule has 3 heteroatoms. The predicted molar refractivity (Wildman–Crippen MR) is 73.5 cm³/mol. The van der Waals surface area contributed by atoms with E-state index < -0.39 is 0 Å². The number of carbonyl (C=O) groups excluding carboxylic acids is 2. The van der Waals surface area contributed by atoms with Crippen LogP contribution >= 0.6 is 0 Å². The molecule has 2 N–H and O–H groups in total. The molecule has 0 radical (unpaired) electrons. The molecule has 0 fully saturated rings. The lowest BCUT2D eigenvalue weighted by Gasteiger charge is -2.20. The lowest BCUT2D eigenvalue weighted by Crippen LogP contribution is -2.23. The minimum absolute atomic E-state index is 0.0973. The van der Waals surface area contributed by atoms with E-state index in [-0.39, 0.29) is 11.6 Å². The van der Waals surface area contributed by atoms with Crippen LogP contribution in [0.3, 0.4) is 0 Å². The third-order valence-corrected chi connectivity index (χ3v) is 3.59. The van der Waals surface area contributed by atoms with E-state index in [1.165, 1.54) is 0 Å². The van der Waals surface area contributed by atoms with E-state index in [1.54, 1.807) is 36.4 Å². The first-order valence-corrected chi connectivity index (χ1v) is 6.25. The van der Waals surface area contributed by atoms with E-state index >= 15 is 0 Å². The van der Waals surface area contributed by atoms with Crippen molar-refractivity contribution in [2.24, 2.45) is 0 Å². The Morgan fingerprint density at radius 1 is 0.895 bits per heavy atom. The first-order chi connectivity index (χ1) is 9.15. The average molecular weight is 251 g/mol. The maximum Gasteiger partial charge on any atom is 0.194 e. The number of rotatable bonds is 1. The number of hydrogen-bond acceptors (Lipinski definition) is 3. The first-order valence-electron chi connectivity index (χ1n) is 6.25. The average Bonchev–Trinajstić information content (AvgIpc) is 2.44. The van der Waals surface area contributed by atoms with Crippen LogP contribution < -0.4 is 5.73 Å². The van der Waals surface area contributed by atoms with Gasteiger partial charge in [-0.1, -0.05) is 31.2 Å². The summed E-state index contributed by atoms with van der Waals surface area (Å²) in [6.45, 7) is 1.93. The summed E-state index contributed by atoms with van der Waals surface area (Å²) in [5.74, 6) is -0.200. The minimum atomic E-state index is -0.102. The van der Waals surface area contributed by atoms with Crippen molar-refractivity contribution in [2.75, 3.05) is 5.73 Å². The van der Waals surface area contributed by atoms with E-state index in [9.17, 15) is 9.59 Å². The second kappa shape index (κ2) is 4.05. The van der Waals surface area contributed by atoms with Gasteiger partial charge in [0.2, 0.25) is 0 Å². The van der Waals surface area contributed by atoms with Gasteiger partial charge < -0.3 is 5.73 Å². The zero-order valence-corrected chi connectivity index (χ0v) is 10.6. The van der Waals surface area contributed by atoms with Crippen LogP contribution in [0, 0.1) is 0 Å². The molecule has 0 saturated carbocycles. The van der Waals surface area contributed by atoms with Crippen molar-refractivity contribution in [3.63, 3.8) is 0 Å². The highest BCUT2D eigenvalue weighted by atomic mass is 16.1. The summed E-state index contributed by atoms with van der Waals surface area (Å²) < 4.78 is 0.